The van der Waals surface area contributed by atoms with Crippen LogP contribution in [-0.4, -0.2) is 24.2 Å². The highest BCUT2D eigenvalue weighted by Gasteiger charge is 2.37. The zero-order valence-electron chi connectivity index (χ0n) is 12.7. The molecule has 0 spiro atoms. The summed E-state index contributed by atoms with van der Waals surface area (Å²) in [6.07, 6.45) is 2.55. The Morgan fingerprint density at radius 1 is 1.37 bits per heavy atom. The molecule has 2 rings (SSSR count). The molecule has 108 valence electrons. The van der Waals surface area contributed by atoms with Gasteiger partial charge in [0.15, 0.2) is 0 Å². The first kappa shape index (κ1) is 14.9. The van der Waals surface area contributed by atoms with Crippen molar-refractivity contribution in [3.05, 3.63) is 16.1 Å². The third-order valence-corrected chi connectivity index (χ3v) is 4.55. The Labute approximate surface area is 120 Å². The summed E-state index contributed by atoms with van der Waals surface area (Å²) < 4.78 is 5.68. The molecule has 4 heteroatoms. The van der Waals surface area contributed by atoms with Crippen LogP contribution in [0.2, 0.25) is 0 Å². The van der Waals surface area contributed by atoms with Crippen molar-refractivity contribution < 1.29 is 4.74 Å². The highest BCUT2D eigenvalue weighted by molar-refractivity contribution is 7.09. The fraction of sp³-hybridized carbons (Fsp3) is 0.800. The van der Waals surface area contributed by atoms with E-state index in [-0.39, 0.29) is 11.0 Å². The molecule has 0 bridgehead atoms. The molecule has 0 aromatic carbocycles. The van der Waals surface area contributed by atoms with Gasteiger partial charge in [-0.1, -0.05) is 20.8 Å². The zero-order chi connectivity index (χ0) is 14.1. The van der Waals surface area contributed by atoms with E-state index in [1.54, 1.807) is 11.3 Å². The first-order valence-electron chi connectivity index (χ1n) is 7.17. The predicted octanol–water partition coefficient (Wildman–Crippen LogP) is 3.44. The van der Waals surface area contributed by atoms with Gasteiger partial charge in [-0.15, -0.1) is 11.3 Å². The van der Waals surface area contributed by atoms with Crippen molar-refractivity contribution in [1.29, 1.82) is 0 Å². The summed E-state index contributed by atoms with van der Waals surface area (Å²) in [4.78, 5) is 4.86. The first-order chi connectivity index (χ1) is 8.85. The number of ether oxygens (including phenoxy) is 1. The van der Waals surface area contributed by atoms with E-state index in [0.29, 0.717) is 12.6 Å². The van der Waals surface area contributed by atoms with Crippen LogP contribution < -0.4 is 5.32 Å². The van der Waals surface area contributed by atoms with E-state index < -0.39 is 0 Å². The number of hydrogen-bond acceptors (Lipinski definition) is 4. The van der Waals surface area contributed by atoms with Gasteiger partial charge < -0.3 is 10.1 Å². The van der Waals surface area contributed by atoms with Crippen molar-refractivity contribution >= 4 is 11.3 Å². The van der Waals surface area contributed by atoms with Gasteiger partial charge in [0, 0.05) is 23.4 Å². The summed E-state index contributed by atoms with van der Waals surface area (Å²) >= 11 is 1.75. The highest BCUT2D eigenvalue weighted by Crippen LogP contribution is 2.33. The lowest BCUT2D eigenvalue weighted by molar-refractivity contribution is 0.0819. The predicted molar refractivity (Wildman–Crippen MR) is 80.8 cm³/mol. The summed E-state index contributed by atoms with van der Waals surface area (Å²) in [5.74, 6) is 0. The van der Waals surface area contributed by atoms with Gasteiger partial charge in [0.2, 0.25) is 0 Å². The van der Waals surface area contributed by atoms with Gasteiger partial charge in [0.05, 0.1) is 17.8 Å². The molecule has 0 amide bonds. The van der Waals surface area contributed by atoms with Gasteiger partial charge in [-0.25, -0.2) is 4.98 Å². The van der Waals surface area contributed by atoms with Crippen molar-refractivity contribution in [3.8, 4) is 0 Å². The summed E-state index contributed by atoms with van der Waals surface area (Å²) in [6.45, 7) is 12.3. The fourth-order valence-electron chi connectivity index (χ4n) is 2.02. The molecule has 0 saturated heterocycles. The zero-order valence-corrected chi connectivity index (χ0v) is 13.6. The number of hydrogen-bond donors (Lipinski definition) is 1. The molecule has 1 atom stereocenters. The Bertz CT molecular complexity index is 420. The van der Waals surface area contributed by atoms with E-state index >= 15 is 0 Å². The van der Waals surface area contributed by atoms with Crippen LogP contribution in [0.25, 0.3) is 0 Å². The third kappa shape index (κ3) is 3.77. The third-order valence-electron chi connectivity index (χ3n) is 3.44. The standard InChI is InChI=1S/C15H26N2OS/c1-6-18-10-15(5,17-11-7-8-11)13-16-12(9-19-13)14(2,3)4/h9,11,17H,6-8,10H2,1-5H3. The van der Waals surface area contributed by atoms with Crippen LogP contribution in [0.3, 0.4) is 0 Å². The monoisotopic (exact) mass is 282 g/mol. The SMILES string of the molecule is CCOCC(C)(NC1CC1)c1nc(C(C)(C)C)cs1. The molecular weight excluding hydrogens is 256 g/mol. The lowest BCUT2D eigenvalue weighted by Crippen LogP contribution is -2.45. The quantitative estimate of drug-likeness (QED) is 0.868. The largest absolute Gasteiger partial charge is 0.379 e. The lowest BCUT2D eigenvalue weighted by Gasteiger charge is -2.29. The van der Waals surface area contributed by atoms with Gasteiger partial charge in [-0.05, 0) is 26.7 Å². The van der Waals surface area contributed by atoms with E-state index in [2.05, 4.69) is 38.4 Å². The average Bonchev–Trinajstić information content (AvgIpc) is 2.97. The van der Waals surface area contributed by atoms with Crippen LogP contribution in [0, 0.1) is 0 Å². The molecular formula is C15H26N2OS. The normalized spacial score (nSPS) is 19.4. The van der Waals surface area contributed by atoms with Crippen LogP contribution in [0.4, 0.5) is 0 Å². The summed E-state index contributed by atoms with van der Waals surface area (Å²) in [7, 11) is 0. The molecule has 1 aromatic rings. The van der Waals surface area contributed by atoms with Crippen LogP contribution in [0.15, 0.2) is 5.38 Å². The van der Waals surface area contributed by atoms with Crippen LogP contribution >= 0.6 is 11.3 Å². The molecule has 1 aliphatic carbocycles. The smallest absolute Gasteiger partial charge is 0.115 e. The van der Waals surface area contributed by atoms with Crippen LogP contribution in [0.5, 0.6) is 0 Å². The van der Waals surface area contributed by atoms with Crippen molar-refractivity contribution in [2.24, 2.45) is 0 Å². The van der Waals surface area contributed by atoms with Gasteiger partial charge in [-0.2, -0.15) is 0 Å². The van der Waals surface area contributed by atoms with Gasteiger partial charge in [-0.3, -0.25) is 0 Å². The van der Waals surface area contributed by atoms with E-state index in [1.807, 2.05) is 6.92 Å². The van der Waals surface area contributed by atoms with E-state index in [9.17, 15) is 0 Å². The molecule has 0 radical (unpaired) electrons. The molecule has 0 aliphatic heterocycles. The molecule has 1 aromatic heterocycles. The second-order valence-corrected chi connectivity index (χ2v) is 7.53. The Morgan fingerprint density at radius 2 is 2.05 bits per heavy atom. The van der Waals surface area contributed by atoms with E-state index in [0.717, 1.165) is 11.6 Å². The van der Waals surface area contributed by atoms with E-state index in [1.165, 1.54) is 18.5 Å². The maximum atomic E-state index is 5.68. The molecule has 1 unspecified atom stereocenters. The molecule has 1 N–H and O–H groups in total. The molecule has 1 fully saturated rings. The van der Waals surface area contributed by atoms with E-state index in [4.69, 9.17) is 9.72 Å². The number of rotatable bonds is 6. The Balaban J connectivity index is 2.18. The molecule has 3 nitrogen and oxygen atoms in total. The van der Waals surface area contributed by atoms with Crippen molar-refractivity contribution in [1.82, 2.24) is 10.3 Å². The highest BCUT2D eigenvalue weighted by atomic mass is 32.1. The number of thiazole rings is 1. The van der Waals surface area contributed by atoms with Gasteiger partial charge >= 0.3 is 0 Å². The maximum Gasteiger partial charge on any atom is 0.115 e. The fourth-order valence-corrected chi connectivity index (χ4v) is 3.18. The van der Waals surface area contributed by atoms with Gasteiger partial charge in [0.1, 0.15) is 5.01 Å². The van der Waals surface area contributed by atoms with Crippen molar-refractivity contribution in [3.63, 3.8) is 0 Å². The van der Waals surface area contributed by atoms with Crippen LogP contribution in [-0.2, 0) is 15.7 Å². The molecule has 1 heterocycles. The van der Waals surface area contributed by atoms with Crippen LogP contribution in [0.1, 0.15) is 58.2 Å². The topological polar surface area (TPSA) is 34.1 Å². The Morgan fingerprint density at radius 3 is 2.53 bits per heavy atom. The van der Waals surface area contributed by atoms with Crippen molar-refractivity contribution in [2.45, 2.75) is 64.5 Å². The molecule has 1 saturated carbocycles. The number of nitrogens with one attached hydrogen (secondary N) is 1. The minimum Gasteiger partial charge on any atom is -0.379 e. The number of aromatic nitrogens is 1. The average molecular weight is 282 g/mol. The Hall–Kier alpha value is -0.450. The minimum atomic E-state index is -0.147. The molecule has 19 heavy (non-hydrogen) atoms. The Kier molecular flexibility index (Phi) is 4.33. The summed E-state index contributed by atoms with van der Waals surface area (Å²) in [6, 6.07) is 0.646. The second kappa shape index (κ2) is 5.51. The summed E-state index contributed by atoms with van der Waals surface area (Å²) in [5.41, 5.74) is 1.14. The van der Waals surface area contributed by atoms with Crippen molar-refractivity contribution in [2.75, 3.05) is 13.2 Å². The molecule has 1 aliphatic rings. The first-order valence-corrected chi connectivity index (χ1v) is 8.05. The second-order valence-electron chi connectivity index (χ2n) is 6.68. The maximum absolute atomic E-state index is 5.68. The summed E-state index contributed by atoms with van der Waals surface area (Å²) in [5, 5.41) is 7.05. The number of nitrogens with zero attached hydrogens (tertiary/aromatic N) is 1. The van der Waals surface area contributed by atoms with Gasteiger partial charge in [0.25, 0.3) is 0 Å². The minimum absolute atomic E-state index is 0.112. The lowest BCUT2D eigenvalue weighted by atomic mass is 9.93.